The van der Waals surface area contributed by atoms with Crippen LogP contribution < -0.4 is 4.90 Å². The summed E-state index contributed by atoms with van der Waals surface area (Å²) in [6, 6.07) is 16.8. The normalized spacial score (nSPS) is 11.2. The molecule has 0 N–H and O–H groups in total. The number of pyridine rings is 1. The Morgan fingerprint density at radius 1 is 0.909 bits per heavy atom. The van der Waals surface area contributed by atoms with E-state index in [4.69, 9.17) is 0 Å². The second-order valence-electron chi connectivity index (χ2n) is 5.69. The molecular formula is C20H20N2. The van der Waals surface area contributed by atoms with Crippen molar-refractivity contribution in [1.29, 1.82) is 0 Å². The summed E-state index contributed by atoms with van der Waals surface area (Å²) in [6.07, 6.45) is 6.21. The molecule has 0 saturated carbocycles. The molecule has 0 saturated heterocycles. The minimum absolute atomic E-state index is 1.03. The Hall–Kier alpha value is -2.61. The zero-order valence-electron chi connectivity index (χ0n) is 13.2. The van der Waals surface area contributed by atoms with Gasteiger partial charge in [-0.2, -0.15) is 0 Å². The van der Waals surface area contributed by atoms with Crippen molar-refractivity contribution in [1.82, 2.24) is 4.98 Å². The highest BCUT2D eigenvalue weighted by molar-refractivity contribution is 5.90. The first-order valence-corrected chi connectivity index (χ1v) is 7.45. The third-order valence-electron chi connectivity index (χ3n) is 3.90. The van der Waals surface area contributed by atoms with E-state index in [1.165, 1.54) is 27.8 Å². The van der Waals surface area contributed by atoms with E-state index in [1.54, 1.807) is 0 Å². The molecule has 0 aliphatic heterocycles. The molecule has 3 rings (SSSR count). The molecule has 0 aliphatic carbocycles. The van der Waals surface area contributed by atoms with Crippen LogP contribution >= 0.6 is 0 Å². The highest BCUT2D eigenvalue weighted by Gasteiger charge is 2.01. The number of hydrogen-bond donors (Lipinski definition) is 0. The number of para-hydroxylation sites is 1. The lowest BCUT2D eigenvalue weighted by Crippen LogP contribution is -2.08. The maximum absolute atomic E-state index is 4.41. The quantitative estimate of drug-likeness (QED) is 0.689. The fourth-order valence-corrected chi connectivity index (χ4v) is 2.57. The van der Waals surface area contributed by atoms with Gasteiger partial charge in [0.05, 0.1) is 5.52 Å². The van der Waals surface area contributed by atoms with Gasteiger partial charge in [-0.15, -0.1) is 0 Å². The van der Waals surface area contributed by atoms with Crippen LogP contribution in [0.4, 0.5) is 5.69 Å². The summed E-state index contributed by atoms with van der Waals surface area (Å²) in [4.78, 5) is 6.53. The number of hydrogen-bond acceptors (Lipinski definition) is 2. The summed E-state index contributed by atoms with van der Waals surface area (Å²) in [5.74, 6) is 0. The van der Waals surface area contributed by atoms with Crippen LogP contribution in [0.1, 0.15) is 16.7 Å². The number of aryl methyl sites for hydroxylation is 1. The van der Waals surface area contributed by atoms with Crippen LogP contribution in [-0.2, 0) is 0 Å². The van der Waals surface area contributed by atoms with E-state index >= 15 is 0 Å². The van der Waals surface area contributed by atoms with Crippen molar-refractivity contribution >= 4 is 28.7 Å². The van der Waals surface area contributed by atoms with Gasteiger partial charge in [0.25, 0.3) is 0 Å². The summed E-state index contributed by atoms with van der Waals surface area (Å²) in [7, 11) is 4.13. The lowest BCUT2D eigenvalue weighted by molar-refractivity contribution is 1.13. The average molecular weight is 288 g/mol. The van der Waals surface area contributed by atoms with E-state index < -0.39 is 0 Å². The molecule has 0 aliphatic rings. The number of aromatic nitrogens is 1. The molecule has 3 aromatic rings. The van der Waals surface area contributed by atoms with Crippen molar-refractivity contribution in [3.63, 3.8) is 0 Å². The van der Waals surface area contributed by atoms with Gasteiger partial charge in [0.2, 0.25) is 0 Å². The maximum atomic E-state index is 4.41. The Morgan fingerprint density at radius 3 is 2.45 bits per heavy atom. The molecule has 2 heteroatoms. The third kappa shape index (κ3) is 2.86. The molecule has 1 heterocycles. The molecule has 2 nitrogen and oxygen atoms in total. The van der Waals surface area contributed by atoms with E-state index in [0.717, 1.165) is 5.52 Å². The minimum atomic E-state index is 1.03. The number of anilines is 1. The Balaban J connectivity index is 1.96. The highest BCUT2D eigenvalue weighted by Crippen LogP contribution is 2.22. The zero-order valence-corrected chi connectivity index (χ0v) is 13.2. The molecule has 0 radical (unpaired) electrons. The van der Waals surface area contributed by atoms with E-state index in [9.17, 15) is 0 Å². The number of benzene rings is 2. The highest BCUT2D eigenvalue weighted by atomic mass is 15.1. The van der Waals surface area contributed by atoms with E-state index in [0.29, 0.717) is 0 Å². The van der Waals surface area contributed by atoms with Crippen LogP contribution in [0.5, 0.6) is 0 Å². The van der Waals surface area contributed by atoms with Crippen LogP contribution in [0.2, 0.25) is 0 Å². The van der Waals surface area contributed by atoms with Crippen LogP contribution in [0.3, 0.4) is 0 Å². The fourth-order valence-electron chi connectivity index (χ4n) is 2.57. The van der Waals surface area contributed by atoms with Gasteiger partial charge in [-0.1, -0.05) is 36.4 Å². The van der Waals surface area contributed by atoms with Crippen molar-refractivity contribution in [3.8, 4) is 0 Å². The fraction of sp³-hybridized carbons (Fsp3) is 0.150. The molecule has 0 amide bonds. The Morgan fingerprint density at radius 2 is 1.68 bits per heavy atom. The molecule has 22 heavy (non-hydrogen) atoms. The van der Waals surface area contributed by atoms with Crippen molar-refractivity contribution in [2.45, 2.75) is 6.92 Å². The van der Waals surface area contributed by atoms with Gasteiger partial charge in [-0.05, 0) is 47.9 Å². The van der Waals surface area contributed by atoms with Gasteiger partial charge >= 0.3 is 0 Å². The standard InChI is InChI=1S/C20H20N2/c1-15-14-18(22(2)3)11-10-16(15)8-9-17-12-13-21-20-7-5-4-6-19(17)20/h4-14H,1-3H3/b9-8-. The van der Waals surface area contributed by atoms with E-state index in [-0.39, 0.29) is 0 Å². The molecule has 0 fully saturated rings. The first kappa shape index (κ1) is 14.3. The van der Waals surface area contributed by atoms with Gasteiger partial charge in [0, 0.05) is 31.4 Å². The van der Waals surface area contributed by atoms with Gasteiger partial charge in [-0.25, -0.2) is 0 Å². The lowest BCUT2D eigenvalue weighted by Gasteiger charge is -2.14. The lowest BCUT2D eigenvalue weighted by atomic mass is 10.0. The summed E-state index contributed by atoms with van der Waals surface area (Å²) >= 11 is 0. The van der Waals surface area contributed by atoms with Gasteiger partial charge in [0.1, 0.15) is 0 Å². The maximum Gasteiger partial charge on any atom is 0.0707 e. The van der Waals surface area contributed by atoms with E-state index in [1.807, 2.05) is 18.3 Å². The first-order chi connectivity index (χ1) is 10.6. The zero-order chi connectivity index (χ0) is 15.5. The van der Waals surface area contributed by atoms with Gasteiger partial charge < -0.3 is 4.90 Å². The van der Waals surface area contributed by atoms with Crippen molar-refractivity contribution in [3.05, 3.63) is 71.4 Å². The molecule has 0 spiro atoms. The van der Waals surface area contributed by atoms with Crippen LogP contribution in [0.25, 0.3) is 23.1 Å². The molecule has 0 bridgehead atoms. The van der Waals surface area contributed by atoms with Crippen molar-refractivity contribution in [2.24, 2.45) is 0 Å². The van der Waals surface area contributed by atoms with Crippen molar-refractivity contribution in [2.75, 3.05) is 19.0 Å². The second-order valence-corrected chi connectivity index (χ2v) is 5.69. The van der Waals surface area contributed by atoms with Crippen LogP contribution in [0, 0.1) is 6.92 Å². The van der Waals surface area contributed by atoms with Crippen LogP contribution in [-0.4, -0.2) is 19.1 Å². The third-order valence-corrected chi connectivity index (χ3v) is 3.90. The molecule has 0 unspecified atom stereocenters. The van der Waals surface area contributed by atoms with E-state index in [2.05, 4.69) is 79.5 Å². The second kappa shape index (κ2) is 6.02. The predicted molar refractivity (Wildman–Crippen MR) is 96.2 cm³/mol. The summed E-state index contributed by atoms with van der Waals surface area (Å²) in [5, 5.41) is 1.18. The molecule has 0 atom stereocenters. The van der Waals surface area contributed by atoms with Gasteiger partial charge in [-0.3, -0.25) is 4.98 Å². The topological polar surface area (TPSA) is 16.1 Å². The Kier molecular flexibility index (Phi) is 3.92. The summed E-state index contributed by atoms with van der Waals surface area (Å²) in [6.45, 7) is 2.15. The molecular weight excluding hydrogens is 268 g/mol. The van der Waals surface area contributed by atoms with Crippen LogP contribution in [0.15, 0.2) is 54.7 Å². The molecule has 110 valence electrons. The Labute approximate surface area is 131 Å². The largest absolute Gasteiger partial charge is 0.378 e. The number of nitrogens with zero attached hydrogens (tertiary/aromatic N) is 2. The minimum Gasteiger partial charge on any atom is -0.378 e. The summed E-state index contributed by atoms with van der Waals surface area (Å²) in [5.41, 5.74) is 5.97. The Bertz CT molecular complexity index is 827. The van der Waals surface area contributed by atoms with Gasteiger partial charge in [0.15, 0.2) is 0 Å². The number of fused-ring (bicyclic) bond motifs is 1. The predicted octanol–water partition coefficient (Wildman–Crippen LogP) is 4.78. The number of rotatable bonds is 3. The molecule has 1 aromatic heterocycles. The summed E-state index contributed by atoms with van der Waals surface area (Å²) < 4.78 is 0. The van der Waals surface area contributed by atoms with Crippen molar-refractivity contribution < 1.29 is 0 Å². The first-order valence-electron chi connectivity index (χ1n) is 7.45. The smallest absolute Gasteiger partial charge is 0.0707 e. The average Bonchev–Trinajstić information content (AvgIpc) is 2.53. The monoisotopic (exact) mass is 288 g/mol. The molecule has 2 aromatic carbocycles. The SMILES string of the molecule is Cc1cc(N(C)C)ccc1/C=C\c1ccnc2ccccc12.